The number of para-hydroxylation sites is 1. The van der Waals surface area contributed by atoms with Crippen molar-refractivity contribution in [3.8, 4) is 5.75 Å². The Morgan fingerprint density at radius 1 is 0.900 bits per heavy atom. The van der Waals surface area contributed by atoms with Crippen molar-refractivity contribution in [2.75, 3.05) is 31.0 Å². The van der Waals surface area contributed by atoms with Gasteiger partial charge in [0.1, 0.15) is 18.3 Å². The van der Waals surface area contributed by atoms with E-state index in [0.717, 1.165) is 22.7 Å². The molecular weight excluding hydrogens is 526 g/mol. The van der Waals surface area contributed by atoms with Crippen molar-refractivity contribution in [1.29, 1.82) is 0 Å². The Hall–Kier alpha value is -3.85. The summed E-state index contributed by atoms with van der Waals surface area (Å²) in [6.07, 6.45) is 2.70. The SMILES string of the molecule is CCCCNC(=O)[C@@H](CC)N(CCc1ccccc1)C(=O)CN(c1ccccc1)S(=O)(=O)c1ccc(OC)cc1. The third kappa shape index (κ3) is 8.08. The Morgan fingerprint density at radius 3 is 2.10 bits per heavy atom. The number of methoxy groups -OCH3 is 1. The molecule has 0 saturated heterocycles. The molecule has 3 rings (SSSR count). The first-order chi connectivity index (χ1) is 19.3. The Bertz CT molecular complexity index is 1320. The molecule has 0 spiro atoms. The molecule has 0 radical (unpaired) electrons. The number of benzene rings is 3. The van der Waals surface area contributed by atoms with E-state index in [4.69, 9.17) is 4.74 Å². The van der Waals surface area contributed by atoms with Crippen molar-refractivity contribution >= 4 is 27.5 Å². The molecule has 40 heavy (non-hydrogen) atoms. The van der Waals surface area contributed by atoms with Crippen LogP contribution in [-0.2, 0) is 26.0 Å². The molecule has 0 heterocycles. The third-order valence-electron chi connectivity index (χ3n) is 6.67. The first-order valence-electron chi connectivity index (χ1n) is 13.6. The highest BCUT2D eigenvalue weighted by molar-refractivity contribution is 7.92. The molecule has 0 bridgehead atoms. The van der Waals surface area contributed by atoms with Gasteiger partial charge in [-0.2, -0.15) is 0 Å². The van der Waals surface area contributed by atoms with Gasteiger partial charge >= 0.3 is 0 Å². The lowest BCUT2D eigenvalue weighted by molar-refractivity contribution is -0.139. The molecule has 0 aliphatic carbocycles. The summed E-state index contributed by atoms with van der Waals surface area (Å²) in [4.78, 5) is 28.7. The maximum Gasteiger partial charge on any atom is 0.264 e. The summed E-state index contributed by atoms with van der Waals surface area (Å²) < 4.78 is 34.0. The predicted octanol–water partition coefficient (Wildman–Crippen LogP) is 4.66. The highest BCUT2D eigenvalue weighted by Crippen LogP contribution is 2.25. The Balaban J connectivity index is 1.95. The summed E-state index contributed by atoms with van der Waals surface area (Å²) in [6, 6.07) is 23.6. The number of carbonyl (C=O) groups excluding carboxylic acids is 2. The number of ether oxygens (including phenoxy) is 1. The van der Waals surface area contributed by atoms with Gasteiger partial charge in [-0.05, 0) is 61.2 Å². The summed E-state index contributed by atoms with van der Waals surface area (Å²) in [7, 11) is -2.61. The van der Waals surface area contributed by atoms with E-state index in [-0.39, 0.29) is 17.3 Å². The van der Waals surface area contributed by atoms with E-state index in [1.54, 1.807) is 42.5 Å². The second-order valence-electron chi connectivity index (χ2n) is 9.41. The fourth-order valence-electron chi connectivity index (χ4n) is 4.40. The minimum absolute atomic E-state index is 0.0325. The first kappa shape index (κ1) is 30.7. The number of rotatable bonds is 15. The molecule has 0 aromatic heterocycles. The van der Waals surface area contributed by atoms with E-state index in [0.29, 0.717) is 30.8 Å². The zero-order valence-corrected chi connectivity index (χ0v) is 24.3. The lowest BCUT2D eigenvalue weighted by Crippen LogP contribution is -2.53. The Kier molecular flexibility index (Phi) is 11.6. The van der Waals surface area contributed by atoms with E-state index < -0.39 is 28.5 Å². The van der Waals surface area contributed by atoms with E-state index in [1.807, 2.05) is 44.2 Å². The average molecular weight is 566 g/mol. The van der Waals surface area contributed by atoms with Crippen LogP contribution in [0.25, 0.3) is 0 Å². The largest absolute Gasteiger partial charge is 0.497 e. The monoisotopic (exact) mass is 565 g/mol. The number of hydrogen-bond donors (Lipinski definition) is 1. The van der Waals surface area contributed by atoms with Gasteiger partial charge in [-0.1, -0.05) is 68.8 Å². The van der Waals surface area contributed by atoms with Crippen LogP contribution in [0.4, 0.5) is 5.69 Å². The van der Waals surface area contributed by atoms with Crippen molar-refractivity contribution in [2.24, 2.45) is 0 Å². The van der Waals surface area contributed by atoms with Gasteiger partial charge in [0.05, 0.1) is 17.7 Å². The third-order valence-corrected chi connectivity index (χ3v) is 8.46. The van der Waals surface area contributed by atoms with Crippen molar-refractivity contribution in [3.63, 3.8) is 0 Å². The maximum absolute atomic E-state index is 14.0. The highest BCUT2D eigenvalue weighted by Gasteiger charge is 2.33. The summed E-state index contributed by atoms with van der Waals surface area (Å²) in [6.45, 7) is 4.24. The van der Waals surface area contributed by atoms with Crippen LogP contribution < -0.4 is 14.4 Å². The van der Waals surface area contributed by atoms with Crippen LogP contribution in [0.5, 0.6) is 5.75 Å². The summed E-state index contributed by atoms with van der Waals surface area (Å²) in [5, 5.41) is 2.94. The lowest BCUT2D eigenvalue weighted by atomic mass is 10.1. The van der Waals surface area contributed by atoms with Crippen LogP contribution in [0.1, 0.15) is 38.7 Å². The normalized spacial score (nSPS) is 11.9. The molecule has 0 saturated carbocycles. The zero-order valence-electron chi connectivity index (χ0n) is 23.5. The van der Waals surface area contributed by atoms with Crippen molar-refractivity contribution in [2.45, 2.75) is 50.5 Å². The predicted molar refractivity (Wildman–Crippen MR) is 158 cm³/mol. The summed E-state index contributed by atoms with van der Waals surface area (Å²) in [5.74, 6) is -0.163. The molecule has 0 fully saturated rings. The Labute approximate surface area is 238 Å². The standard InChI is InChI=1S/C31H39N3O5S/c1-4-6-22-32-31(36)29(5-2)33(23-21-25-13-9-7-10-14-25)30(35)24-34(26-15-11-8-12-16-26)40(37,38)28-19-17-27(39-3)18-20-28/h7-20,29H,4-6,21-24H2,1-3H3,(H,32,36)/t29-/m1/s1. The lowest BCUT2D eigenvalue weighted by Gasteiger charge is -2.33. The van der Waals surface area contributed by atoms with E-state index in [2.05, 4.69) is 5.32 Å². The van der Waals surface area contributed by atoms with Crippen LogP contribution in [0.2, 0.25) is 0 Å². The zero-order chi connectivity index (χ0) is 29.0. The number of amides is 2. The number of sulfonamides is 1. The molecule has 0 unspecified atom stereocenters. The van der Waals surface area contributed by atoms with E-state index in [9.17, 15) is 18.0 Å². The van der Waals surface area contributed by atoms with Gasteiger partial charge in [-0.25, -0.2) is 8.42 Å². The molecular formula is C31H39N3O5S. The maximum atomic E-state index is 14.0. The smallest absolute Gasteiger partial charge is 0.264 e. The van der Waals surface area contributed by atoms with Crippen LogP contribution in [0.3, 0.4) is 0 Å². The molecule has 0 aliphatic rings. The molecule has 2 amide bonds. The quantitative estimate of drug-likeness (QED) is 0.271. The van der Waals surface area contributed by atoms with Crippen molar-refractivity contribution < 1.29 is 22.7 Å². The van der Waals surface area contributed by atoms with Gasteiger partial charge in [0.2, 0.25) is 11.8 Å². The molecule has 3 aromatic rings. The fourth-order valence-corrected chi connectivity index (χ4v) is 5.81. The van der Waals surface area contributed by atoms with E-state index >= 15 is 0 Å². The molecule has 9 heteroatoms. The topological polar surface area (TPSA) is 96.0 Å². The molecule has 1 atom stereocenters. The van der Waals surface area contributed by atoms with Gasteiger partial charge in [0.25, 0.3) is 10.0 Å². The average Bonchev–Trinajstić information content (AvgIpc) is 2.98. The molecule has 214 valence electrons. The number of nitrogens with zero attached hydrogens (tertiary/aromatic N) is 2. The highest BCUT2D eigenvalue weighted by atomic mass is 32.2. The number of hydrogen-bond acceptors (Lipinski definition) is 5. The van der Waals surface area contributed by atoms with Crippen molar-refractivity contribution in [3.05, 3.63) is 90.5 Å². The molecule has 1 N–H and O–H groups in total. The van der Waals surface area contributed by atoms with Gasteiger partial charge in [-0.3, -0.25) is 13.9 Å². The summed E-state index contributed by atoms with van der Waals surface area (Å²) in [5.41, 5.74) is 1.38. The number of nitrogens with one attached hydrogen (secondary N) is 1. The minimum Gasteiger partial charge on any atom is -0.497 e. The van der Waals surface area contributed by atoms with Crippen LogP contribution in [0, 0.1) is 0 Å². The first-order valence-corrected chi connectivity index (χ1v) is 15.1. The van der Waals surface area contributed by atoms with Gasteiger partial charge in [-0.15, -0.1) is 0 Å². The summed E-state index contributed by atoms with van der Waals surface area (Å²) >= 11 is 0. The second-order valence-corrected chi connectivity index (χ2v) is 11.3. The molecule has 3 aromatic carbocycles. The van der Waals surface area contributed by atoms with Gasteiger partial charge < -0.3 is 15.0 Å². The number of unbranched alkanes of at least 4 members (excludes halogenated alkanes) is 1. The van der Waals surface area contributed by atoms with Crippen molar-refractivity contribution in [1.82, 2.24) is 10.2 Å². The van der Waals surface area contributed by atoms with Crippen LogP contribution in [0.15, 0.2) is 89.8 Å². The molecule has 0 aliphatic heterocycles. The fraction of sp³-hybridized carbons (Fsp3) is 0.355. The second kappa shape index (κ2) is 15.1. The van der Waals surface area contributed by atoms with Gasteiger partial charge in [0, 0.05) is 13.1 Å². The van der Waals surface area contributed by atoms with Gasteiger partial charge in [0.15, 0.2) is 0 Å². The van der Waals surface area contributed by atoms with Crippen LogP contribution in [-0.4, -0.2) is 57.9 Å². The number of anilines is 1. The van der Waals surface area contributed by atoms with Crippen LogP contribution >= 0.6 is 0 Å². The van der Waals surface area contributed by atoms with E-state index in [1.165, 1.54) is 24.1 Å². The number of carbonyl (C=O) groups is 2. The Morgan fingerprint density at radius 2 is 1.52 bits per heavy atom. The minimum atomic E-state index is -4.12. The molecule has 8 nitrogen and oxygen atoms in total.